The number of rotatable bonds is 3. The highest BCUT2D eigenvalue weighted by Crippen LogP contribution is 2.37. The molecule has 0 amide bonds. The summed E-state index contributed by atoms with van der Waals surface area (Å²) in [6, 6.07) is 3.58. The van der Waals surface area contributed by atoms with E-state index in [-0.39, 0.29) is 12.0 Å². The lowest BCUT2D eigenvalue weighted by Crippen LogP contribution is -2.17. The zero-order chi connectivity index (χ0) is 13.3. The molecule has 2 atom stereocenters. The molecule has 1 heterocycles. The smallest absolute Gasteiger partial charge is 0.307 e. The fraction of sp³-hybridized carbons (Fsp3) is 0.417. The number of hydrogen-bond acceptors (Lipinski definition) is 3. The van der Waals surface area contributed by atoms with Crippen molar-refractivity contribution in [3.63, 3.8) is 0 Å². The second-order valence-corrected chi connectivity index (χ2v) is 5.50. The third kappa shape index (κ3) is 2.63. The summed E-state index contributed by atoms with van der Waals surface area (Å²) in [7, 11) is 1.57. The van der Waals surface area contributed by atoms with E-state index < -0.39 is 5.97 Å². The van der Waals surface area contributed by atoms with E-state index in [1.807, 2.05) is 6.07 Å². The Morgan fingerprint density at radius 3 is 2.89 bits per heavy atom. The highest BCUT2D eigenvalue weighted by Gasteiger charge is 2.31. The first kappa shape index (κ1) is 13.6. The van der Waals surface area contributed by atoms with E-state index in [1.165, 1.54) is 0 Å². The Morgan fingerprint density at radius 2 is 2.33 bits per heavy atom. The second kappa shape index (κ2) is 5.47. The summed E-state index contributed by atoms with van der Waals surface area (Å²) in [6.07, 6.45) is 0.549. The summed E-state index contributed by atoms with van der Waals surface area (Å²) in [5, 5.41) is 12.7. The van der Waals surface area contributed by atoms with Gasteiger partial charge in [0.05, 0.1) is 17.5 Å². The number of carbonyl (C=O) groups is 1. The van der Waals surface area contributed by atoms with Gasteiger partial charge in [-0.2, -0.15) is 0 Å². The molecule has 2 rings (SSSR count). The van der Waals surface area contributed by atoms with Crippen LogP contribution in [-0.4, -0.2) is 24.7 Å². The number of carboxylic acid groups (broad SMARTS) is 1. The number of hydrogen-bond donors (Lipinski definition) is 2. The van der Waals surface area contributed by atoms with E-state index >= 15 is 0 Å². The highest BCUT2D eigenvalue weighted by atomic mass is 79.9. The molecule has 0 spiro atoms. The van der Waals surface area contributed by atoms with Crippen LogP contribution in [0.4, 0.5) is 0 Å². The number of carboxylic acids is 1. The molecule has 2 unspecified atom stereocenters. The van der Waals surface area contributed by atoms with Gasteiger partial charge in [-0.1, -0.05) is 11.6 Å². The molecule has 98 valence electrons. The van der Waals surface area contributed by atoms with Gasteiger partial charge in [-0.3, -0.25) is 4.79 Å². The van der Waals surface area contributed by atoms with Crippen molar-refractivity contribution in [2.24, 2.45) is 5.92 Å². The minimum absolute atomic E-state index is 0.0270. The molecule has 2 N–H and O–H groups in total. The lowest BCUT2D eigenvalue weighted by Gasteiger charge is -2.15. The highest BCUT2D eigenvalue weighted by molar-refractivity contribution is 9.10. The largest absolute Gasteiger partial charge is 0.496 e. The Bertz CT molecular complexity index is 481. The van der Waals surface area contributed by atoms with Crippen LogP contribution >= 0.6 is 27.5 Å². The molecule has 1 aromatic carbocycles. The molecule has 6 heteroatoms. The van der Waals surface area contributed by atoms with Gasteiger partial charge < -0.3 is 15.2 Å². The summed E-state index contributed by atoms with van der Waals surface area (Å²) < 4.78 is 5.97. The van der Waals surface area contributed by atoms with Crippen LogP contribution in [0.25, 0.3) is 0 Å². The molecule has 1 fully saturated rings. The summed E-state index contributed by atoms with van der Waals surface area (Å²) in [4.78, 5) is 10.9. The first-order valence-electron chi connectivity index (χ1n) is 5.52. The lowest BCUT2D eigenvalue weighted by atomic mass is 10.00. The molecule has 1 aromatic rings. The van der Waals surface area contributed by atoms with E-state index in [9.17, 15) is 4.79 Å². The number of aliphatic carboxylic acids is 1. The van der Waals surface area contributed by atoms with Gasteiger partial charge in [-0.15, -0.1) is 0 Å². The maximum atomic E-state index is 10.9. The minimum Gasteiger partial charge on any atom is -0.496 e. The molecule has 0 aromatic heterocycles. The standard InChI is InChI=1S/C12H13BrClNO3/c1-18-11-4-9(14)7(3-8(11)13)10-2-6(5-15-10)12(16)17/h3-4,6,10,15H,2,5H2,1H3,(H,16,17). The molecular weight excluding hydrogens is 321 g/mol. The fourth-order valence-corrected chi connectivity index (χ4v) is 2.94. The third-order valence-electron chi connectivity index (χ3n) is 3.13. The zero-order valence-electron chi connectivity index (χ0n) is 9.74. The molecule has 1 saturated heterocycles. The molecule has 0 bridgehead atoms. The van der Waals surface area contributed by atoms with E-state index in [1.54, 1.807) is 13.2 Å². The summed E-state index contributed by atoms with van der Waals surface area (Å²) in [5.74, 6) is -0.461. The average Bonchev–Trinajstić information content (AvgIpc) is 2.81. The van der Waals surface area contributed by atoms with Crippen molar-refractivity contribution in [2.75, 3.05) is 13.7 Å². The Balaban J connectivity index is 2.25. The van der Waals surface area contributed by atoms with Crippen LogP contribution in [0.1, 0.15) is 18.0 Å². The van der Waals surface area contributed by atoms with Crippen LogP contribution < -0.4 is 10.1 Å². The topological polar surface area (TPSA) is 58.6 Å². The second-order valence-electron chi connectivity index (χ2n) is 4.24. The SMILES string of the molecule is COc1cc(Cl)c(C2CC(C(=O)O)CN2)cc1Br. The van der Waals surface area contributed by atoms with Crippen molar-refractivity contribution in [1.29, 1.82) is 0 Å². The van der Waals surface area contributed by atoms with Crippen LogP contribution in [0.5, 0.6) is 5.75 Å². The van der Waals surface area contributed by atoms with E-state index in [4.69, 9.17) is 21.4 Å². The van der Waals surface area contributed by atoms with Gasteiger partial charge in [0.1, 0.15) is 5.75 Å². The predicted octanol–water partition coefficient (Wildman–Crippen LogP) is 2.85. The van der Waals surface area contributed by atoms with Gasteiger partial charge in [0.25, 0.3) is 0 Å². The van der Waals surface area contributed by atoms with Gasteiger partial charge in [-0.05, 0) is 34.0 Å². The first-order chi connectivity index (χ1) is 8.52. The normalized spacial score (nSPS) is 23.1. The Morgan fingerprint density at radius 1 is 1.61 bits per heavy atom. The number of nitrogens with one attached hydrogen (secondary N) is 1. The van der Waals surface area contributed by atoms with Crippen LogP contribution in [-0.2, 0) is 4.79 Å². The van der Waals surface area contributed by atoms with Crippen molar-refractivity contribution in [2.45, 2.75) is 12.5 Å². The third-order valence-corrected chi connectivity index (χ3v) is 4.07. The van der Waals surface area contributed by atoms with Crippen molar-refractivity contribution in [1.82, 2.24) is 5.32 Å². The molecule has 0 radical (unpaired) electrons. The number of ether oxygens (including phenoxy) is 1. The van der Waals surface area contributed by atoms with Gasteiger partial charge in [-0.25, -0.2) is 0 Å². The molecule has 0 saturated carbocycles. The maximum absolute atomic E-state index is 10.9. The van der Waals surface area contributed by atoms with E-state index in [0.717, 1.165) is 10.0 Å². The van der Waals surface area contributed by atoms with Gasteiger partial charge in [0.15, 0.2) is 0 Å². The van der Waals surface area contributed by atoms with Crippen LogP contribution in [0.15, 0.2) is 16.6 Å². The summed E-state index contributed by atoms with van der Waals surface area (Å²) >= 11 is 9.60. The summed E-state index contributed by atoms with van der Waals surface area (Å²) in [6.45, 7) is 0.472. The Kier molecular flexibility index (Phi) is 4.14. The molecule has 1 aliphatic heterocycles. The monoisotopic (exact) mass is 333 g/mol. The van der Waals surface area contributed by atoms with E-state index in [2.05, 4.69) is 21.2 Å². The molecule has 4 nitrogen and oxygen atoms in total. The van der Waals surface area contributed by atoms with Gasteiger partial charge in [0, 0.05) is 23.7 Å². The van der Waals surface area contributed by atoms with Gasteiger partial charge in [0.2, 0.25) is 0 Å². The van der Waals surface area contributed by atoms with Crippen LogP contribution in [0.3, 0.4) is 0 Å². The summed E-state index contributed by atoms with van der Waals surface area (Å²) in [5.41, 5.74) is 0.896. The number of methoxy groups -OCH3 is 1. The van der Waals surface area contributed by atoms with Crippen LogP contribution in [0, 0.1) is 5.92 Å². The van der Waals surface area contributed by atoms with Gasteiger partial charge >= 0.3 is 5.97 Å². The van der Waals surface area contributed by atoms with Crippen molar-refractivity contribution < 1.29 is 14.6 Å². The molecule has 18 heavy (non-hydrogen) atoms. The van der Waals surface area contributed by atoms with Crippen LogP contribution in [0.2, 0.25) is 5.02 Å². The number of benzene rings is 1. The average molecular weight is 335 g/mol. The molecular formula is C12H13BrClNO3. The minimum atomic E-state index is -0.770. The Labute approximate surface area is 118 Å². The zero-order valence-corrected chi connectivity index (χ0v) is 12.1. The lowest BCUT2D eigenvalue weighted by molar-refractivity contribution is -0.141. The predicted molar refractivity (Wildman–Crippen MR) is 72.2 cm³/mol. The van der Waals surface area contributed by atoms with E-state index in [0.29, 0.717) is 23.7 Å². The first-order valence-corrected chi connectivity index (χ1v) is 6.69. The fourth-order valence-electron chi connectivity index (χ4n) is 2.13. The quantitative estimate of drug-likeness (QED) is 0.892. The molecule has 1 aliphatic rings. The van der Waals surface area contributed by atoms with Crippen molar-refractivity contribution in [3.8, 4) is 5.75 Å². The van der Waals surface area contributed by atoms with Crippen molar-refractivity contribution >= 4 is 33.5 Å². The Hall–Kier alpha value is -0.780. The number of halogens is 2. The maximum Gasteiger partial charge on any atom is 0.307 e. The molecule has 0 aliphatic carbocycles. The van der Waals surface area contributed by atoms with Crippen molar-refractivity contribution in [3.05, 3.63) is 27.2 Å².